The van der Waals surface area contributed by atoms with Crippen molar-refractivity contribution in [2.75, 3.05) is 6.54 Å². The van der Waals surface area contributed by atoms with Gasteiger partial charge in [-0.05, 0) is 36.1 Å². The number of hydrogen-bond acceptors (Lipinski definition) is 4. The van der Waals surface area contributed by atoms with Gasteiger partial charge in [0, 0.05) is 34.4 Å². The van der Waals surface area contributed by atoms with E-state index in [0.717, 1.165) is 16.1 Å². The third-order valence-electron chi connectivity index (χ3n) is 3.95. The first-order chi connectivity index (χ1) is 12.1. The van der Waals surface area contributed by atoms with Gasteiger partial charge >= 0.3 is 11.8 Å². The number of benzene rings is 1. The summed E-state index contributed by atoms with van der Waals surface area (Å²) >= 11 is 1.64. The standard InChI is InChI=1S/C19H19N3O2S/c1-13-15-7-2-3-8-16(15)25-17(13)12-22-19(24)18(23)21-11-9-14-6-4-5-10-20-14/h2-8,10H,9,11-12H2,1H3,(H,21,23)(H,22,24). The van der Waals surface area contributed by atoms with E-state index in [0.29, 0.717) is 19.5 Å². The molecule has 2 N–H and O–H groups in total. The average Bonchev–Trinajstić information content (AvgIpc) is 2.97. The molecule has 3 rings (SSSR count). The molecular formula is C19H19N3O2S. The van der Waals surface area contributed by atoms with Gasteiger partial charge in [0.15, 0.2) is 0 Å². The zero-order valence-corrected chi connectivity index (χ0v) is 14.7. The number of aryl methyl sites for hydroxylation is 1. The van der Waals surface area contributed by atoms with Gasteiger partial charge in [-0.3, -0.25) is 14.6 Å². The summed E-state index contributed by atoms with van der Waals surface area (Å²) in [5.41, 5.74) is 2.03. The number of nitrogens with one attached hydrogen (secondary N) is 2. The molecule has 0 bridgehead atoms. The number of amides is 2. The highest BCUT2D eigenvalue weighted by molar-refractivity contribution is 7.19. The fourth-order valence-corrected chi connectivity index (χ4v) is 3.72. The molecule has 0 aliphatic carbocycles. The lowest BCUT2D eigenvalue weighted by molar-refractivity contribution is -0.139. The summed E-state index contributed by atoms with van der Waals surface area (Å²) in [5.74, 6) is -1.23. The van der Waals surface area contributed by atoms with E-state index in [9.17, 15) is 9.59 Å². The van der Waals surface area contributed by atoms with E-state index >= 15 is 0 Å². The van der Waals surface area contributed by atoms with Gasteiger partial charge in [0.2, 0.25) is 0 Å². The van der Waals surface area contributed by atoms with E-state index in [1.807, 2.05) is 37.3 Å². The summed E-state index contributed by atoms with van der Waals surface area (Å²) < 4.78 is 1.18. The highest BCUT2D eigenvalue weighted by atomic mass is 32.1. The number of nitrogens with zero attached hydrogens (tertiary/aromatic N) is 1. The van der Waals surface area contributed by atoms with E-state index in [1.165, 1.54) is 10.1 Å². The van der Waals surface area contributed by atoms with Gasteiger partial charge in [0.05, 0.1) is 6.54 Å². The number of rotatable bonds is 5. The van der Waals surface area contributed by atoms with Crippen LogP contribution >= 0.6 is 11.3 Å². The van der Waals surface area contributed by atoms with Gasteiger partial charge in [0.1, 0.15) is 0 Å². The van der Waals surface area contributed by atoms with Crippen molar-refractivity contribution in [3.8, 4) is 0 Å². The fraction of sp³-hybridized carbons (Fsp3) is 0.211. The predicted octanol–water partition coefficient (Wildman–Crippen LogP) is 2.58. The SMILES string of the molecule is Cc1c(CNC(=O)C(=O)NCCc2ccccn2)sc2ccccc12. The predicted molar refractivity (Wildman–Crippen MR) is 99.4 cm³/mol. The van der Waals surface area contributed by atoms with Crippen LogP contribution in [0.15, 0.2) is 48.7 Å². The van der Waals surface area contributed by atoms with Gasteiger partial charge in [-0.25, -0.2) is 0 Å². The Morgan fingerprint density at radius 3 is 2.56 bits per heavy atom. The first-order valence-corrected chi connectivity index (χ1v) is 8.90. The monoisotopic (exact) mass is 353 g/mol. The van der Waals surface area contributed by atoms with Gasteiger partial charge in [-0.2, -0.15) is 0 Å². The summed E-state index contributed by atoms with van der Waals surface area (Å²) in [6, 6.07) is 13.7. The maximum absolute atomic E-state index is 12.0. The maximum Gasteiger partial charge on any atom is 0.309 e. The van der Waals surface area contributed by atoms with E-state index in [4.69, 9.17) is 0 Å². The smallest absolute Gasteiger partial charge is 0.309 e. The number of carbonyl (C=O) groups excluding carboxylic acids is 2. The summed E-state index contributed by atoms with van der Waals surface area (Å²) in [5, 5.41) is 6.51. The van der Waals surface area contributed by atoms with E-state index in [2.05, 4.69) is 27.8 Å². The van der Waals surface area contributed by atoms with Gasteiger partial charge < -0.3 is 10.6 Å². The minimum absolute atomic E-state index is 0.359. The molecular weight excluding hydrogens is 334 g/mol. The van der Waals surface area contributed by atoms with Crippen molar-refractivity contribution >= 4 is 33.2 Å². The molecule has 0 atom stereocenters. The number of thiophene rings is 1. The molecule has 0 radical (unpaired) electrons. The molecule has 0 saturated heterocycles. The van der Waals surface area contributed by atoms with Crippen molar-refractivity contribution in [3.63, 3.8) is 0 Å². The number of aromatic nitrogens is 1. The normalized spacial score (nSPS) is 10.6. The lowest BCUT2D eigenvalue weighted by atomic mass is 10.1. The van der Waals surface area contributed by atoms with Gasteiger partial charge in [-0.15, -0.1) is 11.3 Å². The van der Waals surface area contributed by atoms with E-state index in [1.54, 1.807) is 17.5 Å². The van der Waals surface area contributed by atoms with Crippen LogP contribution in [-0.2, 0) is 22.6 Å². The second kappa shape index (κ2) is 7.90. The quantitative estimate of drug-likeness (QED) is 0.693. The van der Waals surface area contributed by atoms with Crippen LogP contribution in [0.25, 0.3) is 10.1 Å². The molecule has 2 aromatic heterocycles. The van der Waals surface area contributed by atoms with Crippen LogP contribution in [-0.4, -0.2) is 23.3 Å². The Hall–Kier alpha value is -2.73. The third kappa shape index (κ3) is 4.22. The molecule has 6 heteroatoms. The summed E-state index contributed by atoms with van der Waals surface area (Å²) in [4.78, 5) is 29.1. The van der Waals surface area contributed by atoms with Crippen molar-refractivity contribution in [2.24, 2.45) is 0 Å². The highest BCUT2D eigenvalue weighted by Gasteiger charge is 2.14. The molecule has 0 spiro atoms. The van der Waals surface area contributed by atoms with Crippen LogP contribution in [0.3, 0.4) is 0 Å². The lowest BCUT2D eigenvalue weighted by Crippen LogP contribution is -2.40. The molecule has 0 aliphatic heterocycles. The van der Waals surface area contributed by atoms with Crippen LogP contribution in [0.2, 0.25) is 0 Å². The molecule has 5 nitrogen and oxygen atoms in total. The fourth-order valence-electron chi connectivity index (χ4n) is 2.56. The zero-order chi connectivity index (χ0) is 17.6. The van der Waals surface area contributed by atoms with Crippen LogP contribution in [0.1, 0.15) is 16.1 Å². The lowest BCUT2D eigenvalue weighted by Gasteiger charge is -2.06. The molecule has 0 unspecified atom stereocenters. The van der Waals surface area contributed by atoms with Gasteiger partial charge in [-0.1, -0.05) is 24.3 Å². The van der Waals surface area contributed by atoms with Crippen molar-refractivity contribution in [1.82, 2.24) is 15.6 Å². The van der Waals surface area contributed by atoms with Crippen LogP contribution in [0, 0.1) is 6.92 Å². The molecule has 1 aromatic carbocycles. The first kappa shape index (κ1) is 17.1. The van der Waals surface area contributed by atoms with Crippen LogP contribution < -0.4 is 10.6 Å². The molecule has 0 saturated carbocycles. The maximum atomic E-state index is 12.0. The Bertz CT molecular complexity index is 890. The highest BCUT2D eigenvalue weighted by Crippen LogP contribution is 2.30. The Balaban J connectivity index is 1.49. The van der Waals surface area contributed by atoms with Crippen LogP contribution in [0.5, 0.6) is 0 Å². The summed E-state index contributed by atoms with van der Waals surface area (Å²) in [6.45, 7) is 2.77. The van der Waals surface area contributed by atoms with Crippen LogP contribution in [0.4, 0.5) is 0 Å². The van der Waals surface area contributed by atoms with E-state index < -0.39 is 11.8 Å². The largest absolute Gasteiger partial charge is 0.347 e. The van der Waals surface area contributed by atoms with Crippen molar-refractivity contribution in [2.45, 2.75) is 19.9 Å². The van der Waals surface area contributed by atoms with E-state index in [-0.39, 0.29) is 0 Å². The number of carbonyl (C=O) groups is 2. The number of hydrogen-bond donors (Lipinski definition) is 2. The van der Waals surface area contributed by atoms with Crippen molar-refractivity contribution < 1.29 is 9.59 Å². The summed E-state index contributed by atoms with van der Waals surface area (Å²) in [7, 11) is 0. The van der Waals surface area contributed by atoms with Crippen molar-refractivity contribution in [1.29, 1.82) is 0 Å². The number of fused-ring (bicyclic) bond motifs is 1. The molecule has 3 aromatic rings. The van der Waals surface area contributed by atoms with Crippen molar-refractivity contribution in [3.05, 3.63) is 64.8 Å². The topological polar surface area (TPSA) is 71.1 Å². The Morgan fingerprint density at radius 2 is 1.80 bits per heavy atom. The second-order valence-corrected chi connectivity index (χ2v) is 6.79. The minimum atomic E-state index is -0.616. The zero-order valence-electron chi connectivity index (χ0n) is 13.9. The molecule has 2 amide bonds. The van der Waals surface area contributed by atoms with Gasteiger partial charge in [0.25, 0.3) is 0 Å². The number of pyridine rings is 1. The molecule has 0 aliphatic rings. The molecule has 2 heterocycles. The molecule has 25 heavy (non-hydrogen) atoms. The minimum Gasteiger partial charge on any atom is -0.347 e. The molecule has 0 fully saturated rings. The third-order valence-corrected chi connectivity index (χ3v) is 5.22. The Kier molecular flexibility index (Phi) is 5.40. The Labute approximate surface area is 150 Å². The Morgan fingerprint density at radius 1 is 1.04 bits per heavy atom. The summed E-state index contributed by atoms with van der Waals surface area (Å²) in [6.07, 6.45) is 2.30. The molecule has 128 valence electrons. The second-order valence-electron chi connectivity index (χ2n) is 5.66. The average molecular weight is 353 g/mol. The first-order valence-electron chi connectivity index (χ1n) is 8.08.